The molecule has 1 amide bonds. The van der Waals surface area contributed by atoms with Gasteiger partial charge in [-0.15, -0.1) is 11.8 Å². The molecular weight excluding hydrogens is 382 g/mol. The van der Waals surface area contributed by atoms with Gasteiger partial charge < -0.3 is 24.9 Å². The summed E-state index contributed by atoms with van der Waals surface area (Å²) in [5.41, 5.74) is -0.515. The molecule has 0 saturated heterocycles. The second-order valence-electron chi connectivity index (χ2n) is 5.44. The lowest BCUT2D eigenvalue weighted by atomic mass is 10.2. The van der Waals surface area contributed by atoms with E-state index in [4.69, 9.17) is 9.47 Å². The lowest BCUT2D eigenvalue weighted by molar-refractivity contribution is 0.0942. The van der Waals surface area contributed by atoms with E-state index in [0.29, 0.717) is 22.0 Å². The van der Waals surface area contributed by atoms with Crippen molar-refractivity contribution in [3.8, 4) is 17.2 Å². The Morgan fingerprint density at radius 2 is 2.14 bits per heavy atom. The Labute approximate surface area is 166 Å². The third-order valence-corrected chi connectivity index (χ3v) is 4.53. The zero-order valence-corrected chi connectivity index (χ0v) is 16.6. The number of allylic oxidation sites excluding steroid dienone is 2. The van der Waals surface area contributed by atoms with Crippen molar-refractivity contribution >= 4 is 22.6 Å². The van der Waals surface area contributed by atoms with E-state index in [9.17, 15) is 14.7 Å². The molecule has 0 aliphatic rings. The van der Waals surface area contributed by atoms with Gasteiger partial charge in [0.25, 0.3) is 11.5 Å². The Kier molecular flexibility index (Phi) is 7.28. The highest BCUT2D eigenvalue weighted by atomic mass is 32.2. The van der Waals surface area contributed by atoms with Gasteiger partial charge in [0.15, 0.2) is 5.69 Å². The molecule has 8 nitrogen and oxygen atoms in total. The van der Waals surface area contributed by atoms with Crippen LogP contribution in [-0.4, -0.2) is 41.5 Å². The highest BCUT2D eigenvalue weighted by Gasteiger charge is 2.19. The summed E-state index contributed by atoms with van der Waals surface area (Å²) >= 11 is 1.32. The molecular formula is C19H21N3O5S. The first-order valence-corrected chi connectivity index (χ1v) is 9.37. The third-order valence-electron chi connectivity index (χ3n) is 3.76. The lowest BCUT2D eigenvalue weighted by Gasteiger charge is -2.12. The number of H-pyrrole nitrogens is 1. The van der Waals surface area contributed by atoms with Crippen molar-refractivity contribution in [2.75, 3.05) is 20.5 Å². The van der Waals surface area contributed by atoms with Gasteiger partial charge in [-0.05, 0) is 30.5 Å². The van der Waals surface area contributed by atoms with Crippen LogP contribution in [0.2, 0.25) is 0 Å². The number of nitrogens with one attached hydrogen (secondary N) is 2. The second-order valence-corrected chi connectivity index (χ2v) is 6.29. The van der Waals surface area contributed by atoms with Crippen LogP contribution in [0.5, 0.6) is 17.2 Å². The molecule has 0 aliphatic carbocycles. The second kappa shape index (κ2) is 9.65. The van der Waals surface area contributed by atoms with Crippen molar-refractivity contribution in [2.45, 2.75) is 6.54 Å². The van der Waals surface area contributed by atoms with Gasteiger partial charge in [0.05, 0.1) is 14.2 Å². The highest BCUT2D eigenvalue weighted by molar-refractivity contribution is 8.07. The molecule has 1 heterocycles. The number of rotatable bonds is 8. The zero-order chi connectivity index (χ0) is 20.7. The molecule has 0 radical (unpaired) electrons. The number of nitrogens with zero attached hydrogens (tertiary/aromatic N) is 1. The van der Waals surface area contributed by atoms with Crippen molar-refractivity contribution in [3.63, 3.8) is 0 Å². The predicted molar refractivity (Wildman–Crippen MR) is 109 cm³/mol. The minimum Gasteiger partial charge on any atom is -0.501 e. The number of aromatic amines is 1. The molecule has 3 N–H and O–H groups in total. The van der Waals surface area contributed by atoms with E-state index in [0.717, 1.165) is 0 Å². The van der Waals surface area contributed by atoms with Crippen LogP contribution in [-0.2, 0) is 6.54 Å². The number of hydrogen-bond acceptors (Lipinski definition) is 7. The predicted octanol–water partition coefficient (Wildman–Crippen LogP) is 2.31. The van der Waals surface area contributed by atoms with Gasteiger partial charge in [-0.2, -0.15) is 0 Å². The van der Waals surface area contributed by atoms with Crippen LogP contribution in [0.1, 0.15) is 21.9 Å². The van der Waals surface area contributed by atoms with Gasteiger partial charge in [-0.1, -0.05) is 12.7 Å². The van der Waals surface area contributed by atoms with Crippen molar-refractivity contribution in [1.82, 2.24) is 15.3 Å². The first kappa shape index (κ1) is 21.1. The summed E-state index contributed by atoms with van der Waals surface area (Å²) in [7, 11) is 3.05. The van der Waals surface area contributed by atoms with E-state index < -0.39 is 17.2 Å². The molecule has 0 aliphatic heterocycles. The van der Waals surface area contributed by atoms with Crippen LogP contribution >= 0.6 is 11.8 Å². The monoisotopic (exact) mass is 403 g/mol. The van der Waals surface area contributed by atoms with Gasteiger partial charge in [0.2, 0.25) is 5.75 Å². The van der Waals surface area contributed by atoms with E-state index in [1.54, 1.807) is 30.5 Å². The molecule has 1 aromatic carbocycles. The number of carbonyl (C=O) groups is 1. The maximum Gasteiger partial charge on any atom is 0.294 e. The Hall–Kier alpha value is -3.20. The maximum atomic E-state index is 12.6. The molecule has 28 heavy (non-hydrogen) atoms. The largest absolute Gasteiger partial charge is 0.501 e. The molecule has 148 valence electrons. The van der Waals surface area contributed by atoms with Crippen molar-refractivity contribution < 1.29 is 19.4 Å². The summed E-state index contributed by atoms with van der Waals surface area (Å²) in [6.45, 7) is 3.69. The van der Waals surface area contributed by atoms with Crippen LogP contribution in [0, 0.1) is 0 Å². The fraction of sp³-hybridized carbons (Fsp3) is 0.211. The van der Waals surface area contributed by atoms with E-state index in [1.165, 1.54) is 32.1 Å². The molecule has 0 atom stereocenters. The summed E-state index contributed by atoms with van der Waals surface area (Å²) in [5.74, 6) is -0.127. The Morgan fingerprint density at radius 3 is 2.75 bits per heavy atom. The average Bonchev–Trinajstić information content (AvgIpc) is 2.71. The topological polar surface area (TPSA) is 114 Å². The summed E-state index contributed by atoms with van der Waals surface area (Å²) < 4.78 is 10.4. The maximum absolute atomic E-state index is 12.6. The number of ether oxygens (including phenoxy) is 2. The van der Waals surface area contributed by atoms with Crippen LogP contribution in [0.3, 0.4) is 0 Å². The third kappa shape index (κ3) is 4.74. The van der Waals surface area contributed by atoms with Crippen LogP contribution in [0.15, 0.2) is 41.7 Å². The van der Waals surface area contributed by atoms with Crippen molar-refractivity contribution in [2.24, 2.45) is 0 Å². The quantitative estimate of drug-likeness (QED) is 0.580. The highest BCUT2D eigenvalue weighted by Crippen LogP contribution is 2.25. The van der Waals surface area contributed by atoms with Crippen LogP contribution in [0.25, 0.3) is 4.91 Å². The fourth-order valence-electron chi connectivity index (χ4n) is 2.37. The molecule has 0 spiro atoms. The molecule has 2 aromatic rings. The summed E-state index contributed by atoms with van der Waals surface area (Å²) in [4.78, 5) is 31.7. The molecule has 0 fully saturated rings. The first-order chi connectivity index (χ1) is 13.4. The smallest absolute Gasteiger partial charge is 0.294 e. The fourth-order valence-corrected chi connectivity index (χ4v) is 2.89. The number of hydrogen-bond donors (Lipinski definition) is 3. The van der Waals surface area contributed by atoms with Gasteiger partial charge in [0.1, 0.15) is 17.3 Å². The minimum absolute atomic E-state index is 0.0837. The van der Waals surface area contributed by atoms with Gasteiger partial charge in [-0.3, -0.25) is 9.59 Å². The van der Waals surface area contributed by atoms with Crippen LogP contribution in [0.4, 0.5) is 0 Å². The Bertz CT molecular complexity index is 969. The summed E-state index contributed by atoms with van der Waals surface area (Å²) in [6, 6.07) is 5.16. The summed E-state index contributed by atoms with van der Waals surface area (Å²) in [5, 5.41) is 12.6. The number of methoxy groups -OCH3 is 2. The van der Waals surface area contributed by atoms with Gasteiger partial charge >= 0.3 is 0 Å². The van der Waals surface area contributed by atoms with Gasteiger partial charge in [-0.25, -0.2) is 4.98 Å². The Morgan fingerprint density at radius 1 is 1.39 bits per heavy atom. The van der Waals surface area contributed by atoms with Crippen LogP contribution < -0.4 is 20.3 Å². The normalized spacial score (nSPS) is 11.0. The first-order valence-electron chi connectivity index (χ1n) is 8.14. The number of aromatic hydroxyl groups is 1. The number of amides is 1. The van der Waals surface area contributed by atoms with Crippen molar-refractivity contribution in [1.29, 1.82) is 0 Å². The van der Waals surface area contributed by atoms with E-state index in [-0.39, 0.29) is 18.1 Å². The Balaban J connectivity index is 2.32. The lowest BCUT2D eigenvalue weighted by Crippen LogP contribution is -2.27. The molecule has 0 unspecified atom stereocenters. The number of thioether (sulfide) groups is 1. The number of aromatic nitrogens is 2. The van der Waals surface area contributed by atoms with Gasteiger partial charge in [0, 0.05) is 17.0 Å². The van der Waals surface area contributed by atoms with E-state index in [1.807, 2.05) is 0 Å². The SMILES string of the molecule is C=C/C=C(\SC)c1nc(C(=O)NCc2cc(OC)ccc2OC)c(O)c(=O)[nH]1. The molecule has 1 aromatic heterocycles. The van der Waals surface area contributed by atoms with E-state index >= 15 is 0 Å². The number of benzene rings is 1. The summed E-state index contributed by atoms with van der Waals surface area (Å²) in [6.07, 6.45) is 4.97. The zero-order valence-electron chi connectivity index (χ0n) is 15.7. The standard InChI is InChI=1S/C19H21N3O5S/c1-5-6-14(28-4)17-21-15(16(23)19(25)22-17)18(24)20-10-11-9-12(26-2)7-8-13(11)27-3/h5-9,23H,1,10H2,2-4H3,(H,20,24)(H,21,22,25)/b14-6-. The minimum atomic E-state index is -0.807. The molecule has 0 bridgehead atoms. The van der Waals surface area contributed by atoms with E-state index in [2.05, 4.69) is 21.9 Å². The molecule has 9 heteroatoms. The molecule has 2 rings (SSSR count). The number of carbonyl (C=O) groups excluding carboxylic acids is 1. The van der Waals surface area contributed by atoms with Crippen molar-refractivity contribution in [3.05, 3.63) is 64.4 Å². The average molecular weight is 403 g/mol. The molecule has 0 saturated carbocycles.